The molecule has 1 atom stereocenters. The van der Waals surface area contributed by atoms with Gasteiger partial charge < -0.3 is 14.2 Å². The van der Waals surface area contributed by atoms with E-state index in [9.17, 15) is 14.4 Å². The Hall–Kier alpha value is -2.63. The number of hydrogen-bond donors (Lipinski definition) is 0. The molecule has 0 saturated carbocycles. The van der Waals surface area contributed by atoms with Gasteiger partial charge in [-0.2, -0.15) is 0 Å². The minimum atomic E-state index is -0.766. The molecular formula is C75H138O6. The number of unbranched alkanes of at least 4 members (excludes halogenated alkanes) is 48. The molecule has 0 rings (SSSR count). The lowest BCUT2D eigenvalue weighted by atomic mass is 10.0. The third-order valence-corrected chi connectivity index (χ3v) is 16.3. The van der Waals surface area contributed by atoms with Crippen molar-refractivity contribution in [2.24, 2.45) is 0 Å². The fourth-order valence-electron chi connectivity index (χ4n) is 11.0. The van der Waals surface area contributed by atoms with Crippen LogP contribution in [0.5, 0.6) is 0 Å². The summed E-state index contributed by atoms with van der Waals surface area (Å²) in [5.41, 5.74) is 0. The zero-order valence-electron chi connectivity index (χ0n) is 54.6. The van der Waals surface area contributed by atoms with Crippen molar-refractivity contribution >= 4 is 17.9 Å². The largest absolute Gasteiger partial charge is 0.462 e. The standard InChI is InChI=1S/C75H138O6/c1-4-7-10-13-16-19-21-23-25-27-29-31-32-33-34-35-36-37-38-39-40-41-42-43-44-45-47-48-50-52-54-56-59-62-65-68-74(77)80-71-72(70-79-73(76)67-64-61-58-18-15-12-9-6-3)81-75(78)69-66-63-60-57-55-53-51-49-46-30-28-26-24-22-20-17-14-11-8-5-2/h7,10,16,19,23,25,29,31,72H,4-6,8-9,11-15,17-18,20-22,24,26-28,30,32-71H2,1-3H3/b10-7-,19-16-,25-23-,31-29-. The van der Waals surface area contributed by atoms with E-state index in [2.05, 4.69) is 69.4 Å². The van der Waals surface area contributed by atoms with Crippen LogP contribution in [-0.2, 0) is 28.6 Å². The van der Waals surface area contributed by atoms with Crippen LogP contribution in [0.2, 0.25) is 0 Å². The van der Waals surface area contributed by atoms with E-state index in [1.165, 1.54) is 270 Å². The van der Waals surface area contributed by atoms with Crippen molar-refractivity contribution in [3.8, 4) is 0 Å². The third kappa shape index (κ3) is 68.0. The molecule has 0 aliphatic rings. The van der Waals surface area contributed by atoms with Gasteiger partial charge in [0.1, 0.15) is 13.2 Å². The fourth-order valence-corrected chi connectivity index (χ4v) is 11.0. The molecule has 0 aliphatic heterocycles. The van der Waals surface area contributed by atoms with Crippen molar-refractivity contribution in [2.75, 3.05) is 13.2 Å². The van der Waals surface area contributed by atoms with Crippen LogP contribution < -0.4 is 0 Å². The van der Waals surface area contributed by atoms with Crippen molar-refractivity contribution < 1.29 is 28.6 Å². The fraction of sp³-hybridized carbons (Fsp3) is 0.853. The van der Waals surface area contributed by atoms with Crippen LogP contribution in [0.15, 0.2) is 48.6 Å². The van der Waals surface area contributed by atoms with Gasteiger partial charge in [-0.15, -0.1) is 0 Å². The number of esters is 3. The third-order valence-electron chi connectivity index (χ3n) is 16.3. The lowest BCUT2D eigenvalue weighted by Gasteiger charge is -2.18. The van der Waals surface area contributed by atoms with Gasteiger partial charge in [0.15, 0.2) is 6.10 Å². The lowest BCUT2D eigenvalue weighted by molar-refractivity contribution is -0.167. The molecule has 1 unspecified atom stereocenters. The van der Waals surface area contributed by atoms with Crippen molar-refractivity contribution in [1.82, 2.24) is 0 Å². The number of hydrogen-bond acceptors (Lipinski definition) is 6. The number of carbonyl (C=O) groups excluding carboxylic acids is 3. The Morgan fingerprint density at radius 3 is 0.753 bits per heavy atom. The summed E-state index contributed by atoms with van der Waals surface area (Å²) >= 11 is 0. The normalized spacial score (nSPS) is 12.3. The Labute approximate surface area is 505 Å². The van der Waals surface area contributed by atoms with Gasteiger partial charge in [0.25, 0.3) is 0 Å². The first-order valence-electron chi connectivity index (χ1n) is 36.1. The maximum atomic E-state index is 12.9. The maximum absolute atomic E-state index is 12.9. The molecule has 0 aromatic heterocycles. The molecule has 0 N–H and O–H groups in total. The summed E-state index contributed by atoms with van der Waals surface area (Å²) in [6, 6.07) is 0. The van der Waals surface area contributed by atoms with E-state index in [0.717, 1.165) is 83.5 Å². The number of carbonyl (C=O) groups is 3. The van der Waals surface area contributed by atoms with E-state index < -0.39 is 6.10 Å². The van der Waals surface area contributed by atoms with Gasteiger partial charge in [-0.3, -0.25) is 14.4 Å². The maximum Gasteiger partial charge on any atom is 0.306 e. The van der Waals surface area contributed by atoms with E-state index in [4.69, 9.17) is 14.2 Å². The summed E-state index contributed by atoms with van der Waals surface area (Å²) < 4.78 is 16.9. The van der Waals surface area contributed by atoms with Crippen LogP contribution >= 0.6 is 0 Å². The average molecular weight is 1140 g/mol. The SMILES string of the molecule is CC/C=C\C/C=C\C/C=C\C/C=C\CCCCCCCCCCCCCCCCCCCCCCCCC(=O)OCC(COC(=O)CCCCCCCCCC)OC(=O)CCCCCCCCCCCCCCCCCCCCCC. The minimum Gasteiger partial charge on any atom is -0.462 e. The molecule has 0 aliphatic carbocycles. The first-order chi connectivity index (χ1) is 40.0. The number of ether oxygens (including phenoxy) is 3. The first kappa shape index (κ1) is 78.4. The lowest BCUT2D eigenvalue weighted by Crippen LogP contribution is -2.30. The van der Waals surface area contributed by atoms with Crippen LogP contribution in [0.1, 0.15) is 393 Å². The van der Waals surface area contributed by atoms with Crippen LogP contribution in [0, 0.1) is 0 Å². The van der Waals surface area contributed by atoms with Gasteiger partial charge >= 0.3 is 17.9 Å². The molecule has 0 fully saturated rings. The van der Waals surface area contributed by atoms with Gasteiger partial charge in [0, 0.05) is 19.3 Å². The van der Waals surface area contributed by atoms with Crippen molar-refractivity contribution in [1.29, 1.82) is 0 Å². The van der Waals surface area contributed by atoms with Crippen LogP contribution in [0.25, 0.3) is 0 Å². The summed E-state index contributed by atoms with van der Waals surface area (Å²) in [5, 5.41) is 0. The average Bonchev–Trinajstić information content (AvgIpc) is 3.47. The molecule has 0 spiro atoms. The topological polar surface area (TPSA) is 78.9 Å². The van der Waals surface area contributed by atoms with Gasteiger partial charge in [0.2, 0.25) is 0 Å². The first-order valence-corrected chi connectivity index (χ1v) is 36.1. The van der Waals surface area contributed by atoms with Crippen molar-refractivity contribution in [3.63, 3.8) is 0 Å². The highest BCUT2D eigenvalue weighted by Crippen LogP contribution is 2.19. The molecule has 474 valence electrons. The Balaban J connectivity index is 3.97. The molecule has 6 nitrogen and oxygen atoms in total. The molecule has 0 amide bonds. The predicted molar refractivity (Wildman–Crippen MR) is 353 cm³/mol. The highest BCUT2D eigenvalue weighted by atomic mass is 16.6. The zero-order chi connectivity index (χ0) is 58.5. The van der Waals surface area contributed by atoms with Crippen LogP contribution in [0.3, 0.4) is 0 Å². The quantitative estimate of drug-likeness (QED) is 0.0261. The summed E-state index contributed by atoms with van der Waals surface area (Å²) in [4.78, 5) is 38.2. The van der Waals surface area contributed by atoms with Crippen LogP contribution in [0.4, 0.5) is 0 Å². The molecule has 0 aromatic carbocycles. The molecular weight excluding hydrogens is 997 g/mol. The summed E-state index contributed by atoms with van der Waals surface area (Å²) in [7, 11) is 0. The van der Waals surface area contributed by atoms with E-state index in [1.54, 1.807) is 0 Å². The molecule has 0 aromatic rings. The van der Waals surface area contributed by atoms with Gasteiger partial charge in [-0.05, 0) is 57.8 Å². The van der Waals surface area contributed by atoms with Crippen LogP contribution in [-0.4, -0.2) is 37.2 Å². The monoisotopic (exact) mass is 1140 g/mol. The highest BCUT2D eigenvalue weighted by Gasteiger charge is 2.19. The van der Waals surface area contributed by atoms with Gasteiger partial charge in [-0.1, -0.05) is 365 Å². The second-order valence-corrected chi connectivity index (χ2v) is 24.5. The van der Waals surface area contributed by atoms with E-state index in [1.807, 2.05) is 0 Å². The predicted octanol–water partition coefficient (Wildman–Crippen LogP) is 24.9. The molecule has 0 bridgehead atoms. The highest BCUT2D eigenvalue weighted by molar-refractivity contribution is 5.71. The minimum absolute atomic E-state index is 0.0648. The van der Waals surface area contributed by atoms with Crippen molar-refractivity contribution in [3.05, 3.63) is 48.6 Å². The Morgan fingerprint density at radius 1 is 0.259 bits per heavy atom. The molecule has 6 heteroatoms. The molecule has 0 radical (unpaired) electrons. The zero-order valence-corrected chi connectivity index (χ0v) is 54.6. The van der Waals surface area contributed by atoms with Gasteiger partial charge in [0.05, 0.1) is 0 Å². The van der Waals surface area contributed by atoms with E-state index >= 15 is 0 Å². The molecule has 0 saturated heterocycles. The number of rotatable bonds is 67. The van der Waals surface area contributed by atoms with Crippen molar-refractivity contribution in [2.45, 2.75) is 399 Å². The second-order valence-electron chi connectivity index (χ2n) is 24.5. The Kier molecular flexibility index (Phi) is 67.6. The molecule has 0 heterocycles. The smallest absolute Gasteiger partial charge is 0.306 e. The summed E-state index contributed by atoms with van der Waals surface area (Å²) in [6.07, 6.45) is 89.0. The van der Waals surface area contributed by atoms with E-state index in [0.29, 0.717) is 19.3 Å². The molecule has 81 heavy (non-hydrogen) atoms. The Morgan fingerprint density at radius 2 is 0.481 bits per heavy atom. The van der Waals surface area contributed by atoms with Gasteiger partial charge in [-0.25, -0.2) is 0 Å². The second kappa shape index (κ2) is 69.9. The Bertz CT molecular complexity index is 1400. The van der Waals surface area contributed by atoms with E-state index in [-0.39, 0.29) is 31.1 Å². The summed E-state index contributed by atoms with van der Waals surface area (Å²) in [6.45, 7) is 6.57. The number of allylic oxidation sites excluding steroid dienone is 8. The summed E-state index contributed by atoms with van der Waals surface area (Å²) in [5.74, 6) is -0.839.